The van der Waals surface area contributed by atoms with E-state index in [-0.39, 0.29) is 12.3 Å². The molecule has 0 aliphatic carbocycles. The Balaban J connectivity index is 1.67. The Morgan fingerprint density at radius 1 is 1.08 bits per heavy atom. The molecular weight excluding hydrogens is 363 g/mol. The normalized spacial score (nSPS) is 12.0. The summed E-state index contributed by atoms with van der Waals surface area (Å²) in [5.74, 6) is 0.104. The summed E-state index contributed by atoms with van der Waals surface area (Å²) in [6.07, 6.45) is -0.721. The number of ether oxygens (including phenoxy) is 1. The third kappa shape index (κ3) is 4.18. The second kappa shape index (κ2) is 7.68. The van der Waals surface area contributed by atoms with Crippen LogP contribution in [-0.4, -0.2) is 16.2 Å². The van der Waals surface area contributed by atoms with E-state index in [9.17, 15) is 4.79 Å². The van der Waals surface area contributed by atoms with Crippen molar-refractivity contribution in [3.8, 4) is 11.5 Å². The molecular formula is C18H14Cl2N2O3. The quantitative estimate of drug-likeness (QED) is 0.593. The fourth-order valence-corrected chi connectivity index (χ4v) is 2.76. The van der Waals surface area contributed by atoms with Crippen molar-refractivity contribution in [2.75, 3.05) is 0 Å². The van der Waals surface area contributed by atoms with E-state index in [0.717, 1.165) is 5.56 Å². The van der Waals surface area contributed by atoms with Gasteiger partial charge in [-0.1, -0.05) is 47.5 Å². The molecule has 7 heteroatoms. The highest BCUT2D eigenvalue weighted by atomic mass is 35.5. The largest absolute Gasteiger partial charge is 0.452 e. The minimum atomic E-state index is -0.682. The molecule has 0 bridgehead atoms. The molecule has 3 aromatic rings. The number of benzene rings is 2. The van der Waals surface area contributed by atoms with Gasteiger partial charge in [0.15, 0.2) is 6.10 Å². The van der Waals surface area contributed by atoms with Crippen LogP contribution in [-0.2, 0) is 16.0 Å². The van der Waals surface area contributed by atoms with Crippen molar-refractivity contribution in [3.63, 3.8) is 0 Å². The zero-order valence-corrected chi connectivity index (χ0v) is 14.8. The van der Waals surface area contributed by atoms with Gasteiger partial charge in [-0.2, -0.15) is 0 Å². The first kappa shape index (κ1) is 17.5. The number of hydrogen-bond donors (Lipinski definition) is 0. The first-order valence-corrected chi connectivity index (χ1v) is 8.31. The highest BCUT2D eigenvalue weighted by Crippen LogP contribution is 2.26. The van der Waals surface area contributed by atoms with Gasteiger partial charge in [0.1, 0.15) is 0 Å². The fraction of sp³-hybridized carbons (Fsp3) is 0.167. The molecule has 0 saturated carbocycles. The molecule has 0 aliphatic rings. The Morgan fingerprint density at radius 2 is 1.76 bits per heavy atom. The Bertz CT molecular complexity index is 861. The van der Waals surface area contributed by atoms with Crippen LogP contribution in [0, 0.1) is 0 Å². The minimum Gasteiger partial charge on any atom is -0.452 e. The average Bonchev–Trinajstić information content (AvgIpc) is 3.09. The first-order chi connectivity index (χ1) is 12.0. The number of aromatic nitrogens is 2. The van der Waals surface area contributed by atoms with E-state index in [2.05, 4.69) is 10.2 Å². The second-order valence-electron chi connectivity index (χ2n) is 5.32. The van der Waals surface area contributed by atoms with Gasteiger partial charge < -0.3 is 9.15 Å². The van der Waals surface area contributed by atoms with Crippen molar-refractivity contribution in [3.05, 3.63) is 70.0 Å². The van der Waals surface area contributed by atoms with E-state index in [0.29, 0.717) is 21.5 Å². The average molecular weight is 377 g/mol. The summed E-state index contributed by atoms with van der Waals surface area (Å²) in [7, 11) is 0. The number of carbonyl (C=O) groups excluding carboxylic acids is 1. The number of esters is 1. The van der Waals surface area contributed by atoms with Gasteiger partial charge in [-0.3, -0.25) is 4.79 Å². The fourth-order valence-electron chi connectivity index (χ4n) is 2.23. The first-order valence-electron chi connectivity index (χ1n) is 7.56. The highest BCUT2D eigenvalue weighted by Gasteiger charge is 2.20. The Morgan fingerprint density at radius 3 is 2.44 bits per heavy atom. The molecule has 0 radical (unpaired) electrons. The molecule has 0 spiro atoms. The monoisotopic (exact) mass is 376 g/mol. The van der Waals surface area contributed by atoms with Gasteiger partial charge in [-0.05, 0) is 31.2 Å². The van der Waals surface area contributed by atoms with Crippen LogP contribution in [0.4, 0.5) is 0 Å². The van der Waals surface area contributed by atoms with E-state index < -0.39 is 12.1 Å². The molecule has 25 heavy (non-hydrogen) atoms. The molecule has 0 saturated heterocycles. The topological polar surface area (TPSA) is 65.2 Å². The zero-order valence-electron chi connectivity index (χ0n) is 13.3. The molecule has 0 amide bonds. The Kier molecular flexibility index (Phi) is 5.36. The van der Waals surface area contributed by atoms with Crippen molar-refractivity contribution < 1.29 is 13.9 Å². The lowest BCUT2D eigenvalue weighted by Crippen LogP contribution is -2.12. The van der Waals surface area contributed by atoms with Crippen molar-refractivity contribution in [2.45, 2.75) is 19.4 Å². The molecule has 0 fully saturated rings. The van der Waals surface area contributed by atoms with Crippen molar-refractivity contribution in [1.82, 2.24) is 10.2 Å². The molecule has 1 aromatic heterocycles. The van der Waals surface area contributed by atoms with E-state index in [1.807, 2.05) is 30.3 Å². The molecule has 2 aromatic carbocycles. The summed E-state index contributed by atoms with van der Waals surface area (Å²) in [5.41, 5.74) is 1.32. The van der Waals surface area contributed by atoms with Crippen LogP contribution in [0.25, 0.3) is 11.5 Å². The van der Waals surface area contributed by atoms with Crippen molar-refractivity contribution in [2.24, 2.45) is 0 Å². The predicted octanol–water partition coefficient (Wildman–Crippen LogP) is 4.89. The summed E-state index contributed by atoms with van der Waals surface area (Å²) < 4.78 is 10.9. The van der Waals surface area contributed by atoms with Gasteiger partial charge in [0.2, 0.25) is 5.89 Å². The molecule has 5 nitrogen and oxygen atoms in total. The maximum Gasteiger partial charge on any atom is 0.311 e. The number of nitrogens with zero attached hydrogens (tertiary/aromatic N) is 2. The van der Waals surface area contributed by atoms with Gasteiger partial charge in [0.25, 0.3) is 5.89 Å². The van der Waals surface area contributed by atoms with Crippen molar-refractivity contribution in [1.29, 1.82) is 0 Å². The van der Waals surface area contributed by atoms with E-state index in [4.69, 9.17) is 32.4 Å². The lowest BCUT2D eigenvalue weighted by molar-refractivity contribution is -0.148. The van der Waals surface area contributed by atoms with Crippen LogP contribution < -0.4 is 0 Å². The summed E-state index contributed by atoms with van der Waals surface area (Å²) in [4.78, 5) is 12.1. The van der Waals surface area contributed by atoms with Crippen LogP contribution in [0.1, 0.15) is 24.5 Å². The standard InChI is InChI=1S/C18H14Cl2N2O3/c1-11(17-21-22-18(25-17)12-6-3-2-4-7-12)24-16(23)10-13-14(19)8-5-9-15(13)20/h2-9,11H,10H2,1H3/t11-/m0/s1. The number of halogens is 2. The van der Waals surface area contributed by atoms with Crippen molar-refractivity contribution >= 4 is 29.2 Å². The van der Waals surface area contributed by atoms with Crippen LogP contribution >= 0.6 is 23.2 Å². The van der Waals surface area contributed by atoms with Gasteiger partial charge in [0.05, 0.1) is 6.42 Å². The number of hydrogen-bond acceptors (Lipinski definition) is 5. The molecule has 0 aliphatic heterocycles. The highest BCUT2D eigenvalue weighted by molar-refractivity contribution is 6.36. The van der Waals surface area contributed by atoms with Gasteiger partial charge in [-0.15, -0.1) is 10.2 Å². The summed E-state index contributed by atoms with van der Waals surface area (Å²) in [6.45, 7) is 1.66. The molecule has 1 heterocycles. The number of rotatable bonds is 5. The molecule has 3 rings (SSSR count). The van der Waals surface area contributed by atoms with E-state index in [1.165, 1.54) is 0 Å². The number of carbonyl (C=O) groups is 1. The van der Waals surface area contributed by atoms with Gasteiger partial charge in [-0.25, -0.2) is 0 Å². The zero-order chi connectivity index (χ0) is 17.8. The third-order valence-electron chi connectivity index (χ3n) is 3.50. The van der Waals surface area contributed by atoms with Gasteiger partial charge >= 0.3 is 5.97 Å². The lowest BCUT2D eigenvalue weighted by atomic mass is 10.1. The molecule has 128 valence electrons. The van der Waals surface area contributed by atoms with E-state index >= 15 is 0 Å². The summed E-state index contributed by atoms with van der Waals surface area (Å²) in [6, 6.07) is 14.4. The molecule has 1 atom stereocenters. The Hall–Kier alpha value is -2.37. The van der Waals surface area contributed by atoms with Crippen LogP contribution in [0.15, 0.2) is 52.9 Å². The smallest absolute Gasteiger partial charge is 0.311 e. The second-order valence-corrected chi connectivity index (χ2v) is 6.13. The predicted molar refractivity (Wildman–Crippen MR) is 94.4 cm³/mol. The third-order valence-corrected chi connectivity index (χ3v) is 4.21. The SMILES string of the molecule is C[C@H](OC(=O)Cc1c(Cl)cccc1Cl)c1nnc(-c2ccccc2)o1. The Labute approximate surface area is 154 Å². The van der Waals surface area contributed by atoms with Gasteiger partial charge in [0, 0.05) is 21.2 Å². The van der Waals surface area contributed by atoms with Crippen LogP contribution in [0.2, 0.25) is 10.0 Å². The minimum absolute atomic E-state index is 0.0392. The molecule has 0 N–H and O–H groups in total. The molecule has 0 unspecified atom stereocenters. The van der Waals surface area contributed by atoms with Crippen LogP contribution in [0.5, 0.6) is 0 Å². The van der Waals surface area contributed by atoms with Crippen LogP contribution in [0.3, 0.4) is 0 Å². The maximum absolute atomic E-state index is 12.1. The summed E-state index contributed by atoms with van der Waals surface area (Å²) >= 11 is 12.1. The summed E-state index contributed by atoms with van der Waals surface area (Å²) in [5, 5.41) is 8.75. The van der Waals surface area contributed by atoms with E-state index in [1.54, 1.807) is 25.1 Å². The maximum atomic E-state index is 12.1. The lowest BCUT2D eigenvalue weighted by Gasteiger charge is -2.11.